The van der Waals surface area contributed by atoms with Crippen LogP contribution in [-0.2, 0) is 15.0 Å². The number of aliphatic carboxylic acids is 1. The van der Waals surface area contributed by atoms with E-state index in [1.807, 2.05) is 39.0 Å². The minimum atomic E-state index is -0.967. The quantitative estimate of drug-likeness (QED) is 0.267. The molecule has 36 heavy (non-hydrogen) atoms. The highest BCUT2D eigenvalue weighted by Crippen LogP contribution is 2.45. The Morgan fingerprint density at radius 1 is 1.11 bits per heavy atom. The van der Waals surface area contributed by atoms with Crippen LogP contribution in [0.15, 0.2) is 60.2 Å². The van der Waals surface area contributed by atoms with Crippen LogP contribution in [0.5, 0.6) is 5.75 Å². The number of nitrogens with one attached hydrogen (secondary N) is 1. The van der Waals surface area contributed by atoms with Crippen LogP contribution in [0.2, 0.25) is 0 Å². The van der Waals surface area contributed by atoms with Crippen molar-refractivity contribution < 1.29 is 19.4 Å². The van der Waals surface area contributed by atoms with E-state index in [-0.39, 0.29) is 17.5 Å². The lowest BCUT2D eigenvalue weighted by molar-refractivity contribution is -0.132. The van der Waals surface area contributed by atoms with Gasteiger partial charge in [0.25, 0.3) is 0 Å². The van der Waals surface area contributed by atoms with Gasteiger partial charge in [0.15, 0.2) is 0 Å². The first-order valence-electron chi connectivity index (χ1n) is 13.6. The molecule has 2 saturated carbocycles. The number of carbonyl (C=O) groups excluding carboxylic acids is 1. The summed E-state index contributed by atoms with van der Waals surface area (Å²) >= 11 is 0. The largest absolute Gasteiger partial charge is 0.493 e. The van der Waals surface area contributed by atoms with Gasteiger partial charge in [-0.25, -0.2) is 4.79 Å². The molecular weight excluding hydrogens is 450 g/mol. The van der Waals surface area contributed by atoms with Gasteiger partial charge in [0.1, 0.15) is 5.75 Å². The zero-order valence-electron chi connectivity index (χ0n) is 22.6. The predicted octanol–water partition coefficient (Wildman–Crippen LogP) is 7.13. The van der Waals surface area contributed by atoms with Gasteiger partial charge in [0, 0.05) is 11.1 Å². The van der Waals surface area contributed by atoms with E-state index >= 15 is 0 Å². The zero-order chi connectivity index (χ0) is 26.6. The molecule has 1 atom stereocenters. The van der Waals surface area contributed by atoms with E-state index in [1.54, 1.807) is 25.2 Å². The highest BCUT2D eigenvalue weighted by Gasteiger charge is 2.45. The minimum Gasteiger partial charge on any atom is -0.493 e. The van der Waals surface area contributed by atoms with Crippen molar-refractivity contribution in [2.75, 3.05) is 6.61 Å². The number of benzene rings is 1. The molecule has 1 unspecified atom stereocenters. The summed E-state index contributed by atoms with van der Waals surface area (Å²) in [6.45, 7) is 12.0. The van der Waals surface area contributed by atoms with Crippen LogP contribution in [0.1, 0.15) is 91.0 Å². The first kappa shape index (κ1) is 29.4. The number of hydrogen-bond donors (Lipinski definition) is 2. The smallest absolute Gasteiger partial charge is 0.331 e. The van der Waals surface area contributed by atoms with E-state index in [0.29, 0.717) is 12.5 Å². The van der Waals surface area contributed by atoms with E-state index in [0.717, 1.165) is 42.6 Å². The van der Waals surface area contributed by atoms with Gasteiger partial charge in [-0.2, -0.15) is 0 Å². The summed E-state index contributed by atoms with van der Waals surface area (Å²) in [4.78, 5) is 24.9. The number of carboxylic acid groups (broad SMARTS) is 1. The van der Waals surface area contributed by atoms with Crippen molar-refractivity contribution in [3.05, 3.63) is 65.8 Å². The SMILES string of the molecule is C=C/C(=C\C=C(/C)C(=O)O)C(C)NC(=O)C1(c2ccccc2OCC2CCCCC2)CCCC1.CC. The Kier molecular flexibility index (Phi) is 12.0. The number of rotatable bonds is 10. The van der Waals surface area contributed by atoms with Crippen molar-refractivity contribution in [2.24, 2.45) is 5.92 Å². The fraction of sp³-hybridized carbons (Fsp3) is 0.548. The van der Waals surface area contributed by atoms with Crippen LogP contribution < -0.4 is 10.1 Å². The monoisotopic (exact) mass is 495 g/mol. The topological polar surface area (TPSA) is 75.6 Å². The number of allylic oxidation sites excluding steroid dienone is 2. The van der Waals surface area contributed by atoms with Crippen LogP contribution in [0.3, 0.4) is 0 Å². The zero-order valence-corrected chi connectivity index (χ0v) is 22.6. The second-order valence-electron chi connectivity index (χ2n) is 9.82. The molecule has 2 N–H and O–H groups in total. The number of carbonyl (C=O) groups is 2. The van der Waals surface area contributed by atoms with Gasteiger partial charge >= 0.3 is 5.97 Å². The minimum absolute atomic E-state index is 0.00194. The summed E-state index contributed by atoms with van der Waals surface area (Å²) < 4.78 is 6.35. The average molecular weight is 496 g/mol. The van der Waals surface area contributed by atoms with Gasteiger partial charge in [-0.1, -0.05) is 89.0 Å². The normalized spacial score (nSPS) is 19.0. The maximum Gasteiger partial charge on any atom is 0.331 e. The Bertz CT molecular complexity index is 934. The number of ether oxygens (including phenoxy) is 1. The maximum absolute atomic E-state index is 13.8. The third-order valence-corrected chi connectivity index (χ3v) is 7.44. The number of carboxylic acids is 1. The first-order valence-corrected chi connectivity index (χ1v) is 13.6. The third kappa shape index (κ3) is 7.59. The van der Waals surface area contributed by atoms with Gasteiger partial charge in [-0.15, -0.1) is 0 Å². The second kappa shape index (κ2) is 14.7. The fourth-order valence-electron chi connectivity index (χ4n) is 5.25. The standard InChI is InChI=1S/C29H39NO4.C2H6/c1-4-24(17-16-21(2)27(31)32)22(3)30-28(33)29(18-10-11-19-29)25-14-8-9-15-26(25)34-20-23-12-6-5-7-13-23;1-2/h4,8-9,14-17,22-23H,1,5-7,10-13,18-20H2,2-3H3,(H,30,33)(H,31,32);1-2H3/b21-16+,24-17+;. The summed E-state index contributed by atoms with van der Waals surface area (Å²) in [7, 11) is 0. The van der Waals surface area contributed by atoms with Crippen LogP contribution in [-0.4, -0.2) is 29.6 Å². The molecule has 0 radical (unpaired) electrons. The Hall–Kier alpha value is -2.82. The van der Waals surface area contributed by atoms with Crippen LogP contribution in [0.25, 0.3) is 0 Å². The van der Waals surface area contributed by atoms with Crippen molar-refractivity contribution in [1.29, 1.82) is 0 Å². The van der Waals surface area contributed by atoms with Gasteiger partial charge in [0.05, 0.1) is 18.1 Å². The number of hydrogen-bond acceptors (Lipinski definition) is 3. The fourth-order valence-corrected chi connectivity index (χ4v) is 5.25. The molecular formula is C31H45NO4. The van der Waals surface area contributed by atoms with Crippen LogP contribution in [0, 0.1) is 5.92 Å². The molecule has 1 amide bonds. The van der Waals surface area contributed by atoms with Gasteiger partial charge in [-0.3, -0.25) is 4.79 Å². The second-order valence-corrected chi connectivity index (χ2v) is 9.82. The summed E-state index contributed by atoms with van der Waals surface area (Å²) in [6.07, 6.45) is 14.8. The number of para-hydroxylation sites is 1. The molecule has 0 aliphatic heterocycles. The third-order valence-electron chi connectivity index (χ3n) is 7.44. The predicted molar refractivity (Wildman–Crippen MR) is 147 cm³/mol. The molecule has 5 nitrogen and oxygen atoms in total. The first-order chi connectivity index (χ1) is 17.4. The lowest BCUT2D eigenvalue weighted by Gasteiger charge is -2.32. The van der Waals surface area contributed by atoms with E-state index < -0.39 is 11.4 Å². The van der Waals surface area contributed by atoms with E-state index in [1.165, 1.54) is 32.1 Å². The van der Waals surface area contributed by atoms with Crippen LogP contribution >= 0.6 is 0 Å². The highest BCUT2D eigenvalue weighted by molar-refractivity contribution is 5.90. The van der Waals surface area contributed by atoms with Crippen molar-refractivity contribution >= 4 is 11.9 Å². The molecule has 1 aromatic rings. The molecule has 0 aromatic heterocycles. The lowest BCUT2D eigenvalue weighted by atomic mass is 9.77. The molecule has 0 saturated heterocycles. The molecule has 2 fully saturated rings. The molecule has 0 bridgehead atoms. The van der Waals surface area contributed by atoms with Gasteiger partial charge < -0.3 is 15.2 Å². The maximum atomic E-state index is 13.8. The Labute approximate surface area is 217 Å². The van der Waals surface area contributed by atoms with E-state index in [4.69, 9.17) is 9.84 Å². The molecule has 0 spiro atoms. The van der Waals surface area contributed by atoms with Crippen LogP contribution in [0.4, 0.5) is 0 Å². The average Bonchev–Trinajstić information content (AvgIpc) is 3.41. The van der Waals surface area contributed by atoms with Gasteiger partial charge in [-0.05, 0) is 57.1 Å². The molecule has 3 rings (SSSR count). The van der Waals surface area contributed by atoms with Crippen molar-refractivity contribution in [1.82, 2.24) is 5.32 Å². The molecule has 5 heteroatoms. The van der Waals surface area contributed by atoms with Crippen molar-refractivity contribution in [3.8, 4) is 5.75 Å². The molecule has 0 heterocycles. The Morgan fingerprint density at radius 3 is 2.36 bits per heavy atom. The van der Waals surface area contributed by atoms with E-state index in [2.05, 4.69) is 18.0 Å². The van der Waals surface area contributed by atoms with Crippen molar-refractivity contribution in [3.63, 3.8) is 0 Å². The lowest BCUT2D eigenvalue weighted by Crippen LogP contribution is -2.46. The van der Waals surface area contributed by atoms with E-state index in [9.17, 15) is 9.59 Å². The summed E-state index contributed by atoms with van der Waals surface area (Å²) in [5, 5.41) is 12.3. The molecule has 2 aliphatic rings. The summed E-state index contributed by atoms with van der Waals surface area (Å²) in [5.41, 5.74) is 1.37. The highest BCUT2D eigenvalue weighted by atomic mass is 16.5. The summed E-state index contributed by atoms with van der Waals surface area (Å²) in [5.74, 6) is 0.457. The summed E-state index contributed by atoms with van der Waals surface area (Å²) in [6, 6.07) is 7.74. The number of amides is 1. The Balaban J connectivity index is 0.00000222. The molecule has 2 aliphatic carbocycles. The Morgan fingerprint density at radius 2 is 1.75 bits per heavy atom. The van der Waals surface area contributed by atoms with Gasteiger partial charge in [0.2, 0.25) is 5.91 Å². The molecule has 1 aromatic carbocycles. The van der Waals surface area contributed by atoms with Crippen molar-refractivity contribution in [2.45, 2.75) is 96.9 Å². The molecule has 198 valence electrons.